The van der Waals surface area contributed by atoms with Gasteiger partial charge in [0, 0.05) is 21.7 Å². The third kappa shape index (κ3) is 4.41. The van der Waals surface area contributed by atoms with Crippen LogP contribution in [0.3, 0.4) is 0 Å². The average Bonchev–Trinajstić information content (AvgIpc) is 3.33. The Morgan fingerprint density at radius 2 is 1.31 bits per heavy atom. The maximum atomic E-state index is 14.3. The van der Waals surface area contributed by atoms with E-state index in [9.17, 15) is 4.57 Å². The lowest BCUT2D eigenvalue weighted by atomic mass is 10.1. The topological polar surface area (TPSA) is 42.2 Å². The Morgan fingerprint density at radius 1 is 0.759 bits per heavy atom. The van der Waals surface area contributed by atoms with E-state index in [0.29, 0.717) is 0 Å². The molecule has 4 heteroatoms. The van der Waals surface area contributed by atoms with Gasteiger partial charge in [-0.2, -0.15) is 0 Å². The highest BCUT2D eigenvalue weighted by Gasteiger charge is 2.30. The highest BCUT2D eigenvalue weighted by Crippen LogP contribution is 2.41. The Hall–Kier alpha value is -3.31. The van der Waals surface area contributed by atoms with Gasteiger partial charge in [0.25, 0.3) is 0 Å². The summed E-state index contributed by atoms with van der Waals surface area (Å²) in [4.78, 5) is 0. The maximum absolute atomic E-state index is 14.3. The van der Waals surface area contributed by atoms with E-state index < -0.39 is 13.3 Å². The van der Waals surface area contributed by atoms with Crippen molar-refractivity contribution in [2.75, 3.05) is 0 Å². The molecule has 0 unspecified atom stereocenters. The third-order valence-corrected chi connectivity index (χ3v) is 7.23. The average molecular weight is 397 g/mol. The molecule has 0 saturated heterocycles. The minimum atomic E-state index is -3.14. The lowest BCUT2D eigenvalue weighted by molar-refractivity contribution is 0.558. The van der Waals surface area contributed by atoms with Crippen molar-refractivity contribution in [1.29, 1.82) is 0 Å². The van der Waals surface area contributed by atoms with E-state index in [1.165, 1.54) is 0 Å². The highest BCUT2D eigenvalue weighted by atomic mass is 31.2. The van der Waals surface area contributed by atoms with Gasteiger partial charge < -0.3 is 4.42 Å². The lowest BCUT2D eigenvalue weighted by Crippen LogP contribution is -2.30. The van der Waals surface area contributed by atoms with Crippen LogP contribution in [0.2, 0.25) is 0 Å². The molecule has 142 valence electrons. The third-order valence-electron chi connectivity index (χ3n) is 4.56. The second kappa shape index (κ2) is 8.80. The van der Waals surface area contributed by atoms with E-state index in [1.54, 1.807) is 12.5 Å². The van der Waals surface area contributed by atoms with Crippen LogP contribution >= 0.6 is 7.29 Å². The van der Waals surface area contributed by atoms with Crippen LogP contribution in [0.15, 0.2) is 114 Å². The van der Waals surface area contributed by atoms with E-state index in [0.717, 1.165) is 21.7 Å². The first kappa shape index (κ1) is 19.0. The van der Waals surface area contributed by atoms with Gasteiger partial charge in [-0.15, -0.1) is 0 Å². The predicted octanol–water partition coefficient (Wildman–Crippen LogP) is 4.89. The molecule has 0 saturated carbocycles. The minimum Gasteiger partial charge on any atom is -0.472 e. The van der Waals surface area contributed by atoms with Gasteiger partial charge in [-0.05, 0) is 42.5 Å². The summed E-state index contributed by atoms with van der Waals surface area (Å²) in [5.41, 5.74) is 1.73. The number of rotatable bonds is 5. The van der Waals surface area contributed by atoms with Gasteiger partial charge in [-0.1, -0.05) is 66.4 Å². The van der Waals surface area contributed by atoms with Crippen LogP contribution in [-0.2, 0) is 4.57 Å². The number of hydrogen-bond donors (Lipinski definition) is 1. The molecule has 29 heavy (non-hydrogen) atoms. The Kier molecular flexibility index (Phi) is 5.77. The molecule has 3 nitrogen and oxygen atoms in total. The summed E-state index contributed by atoms with van der Waals surface area (Å²) in [7, 11) is -3.14. The minimum absolute atomic E-state index is 0.458. The smallest absolute Gasteiger partial charge is 0.205 e. The number of furan rings is 1. The van der Waals surface area contributed by atoms with Crippen molar-refractivity contribution >= 4 is 17.9 Å². The molecule has 0 aliphatic heterocycles. The van der Waals surface area contributed by atoms with Crippen molar-refractivity contribution in [1.82, 2.24) is 5.09 Å². The molecule has 0 spiro atoms. The zero-order chi connectivity index (χ0) is 19.9. The molecule has 0 amide bonds. The number of hydrogen-bond acceptors (Lipinski definition) is 2. The fraction of sp³-hybridized carbons (Fsp3) is 0.0400. The highest BCUT2D eigenvalue weighted by molar-refractivity contribution is 7.76. The monoisotopic (exact) mass is 397 g/mol. The zero-order valence-electron chi connectivity index (χ0n) is 15.7. The quantitative estimate of drug-likeness (QED) is 0.385. The standard InChI is InChI=1S/C25H20NO2P/c27-29(23-12-6-2-7-13-23,24-14-8-3-9-15-24)26-25(22-18-19-28-20-22)17-16-21-10-4-1-5-11-21/h1-15,18-20,25H,(H,26,27)/t25-/m1/s1. The van der Waals surface area contributed by atoms with E-state index >= 15 is 0 Å². The van der Waals surface area contributed by atoms with E-state index in [1.807, 2.05) is 97.1 Å². The largest absolute Gasteiger partial charge is 0.472 e. The summed E-state index contributed by atoms with van der Waals surface area (Å²) in [6.45, 7) is 0. The Morgan fingerprint density at radius 3 is 1.83 bits per heavy atom. The van der Waals surface area contributed by atoms with E-state index in [2.05, 4.69) is 16.9 Å². The van der Waals surface area contributed by atoms with Crippen molar-refractivity contribution in [3.8, 4) is 11.8 Å². The molecule has 1 heterocycles. The van der Waals surface area contributed by atoms with Gasteiger partial charge in [0.15, 0.2) is 0 Å². The van der Waals surface area contributed by atoms with Crippen molar-refractivity contribution in [3.63, 3.8) is 0 Å². The molecular weight excluding hydrogens is 377 g/mol. The molecule has 1 N–H and O–H groups in total. The summed E-state index contributed by atoms with van der Waals surface area (Å²) in [6.07, 6.45) is 3.24. The molecule has 4 rings (SSSR count). The van der Waals surface area contributed by atoms with Gasteiger partial charge in [0.05, 0.1) is 12.5 Å². The molecule has 4 aromatic rings. The van der Waals surface area contributed by atoms with Crippen LogP contribution in [-0.4, -0.2) is 0 Å². The fourth-order valence-electron chi connectivity index (χ4n) is 3.06. The van der Waals surface area contributed by atoms with Crippen LogP contribution in [0, 0.1) is 11.8 Å². The van der Waals surface area contributed by atoms with Gasteiger partial charge in [-0.3, -0.25) is 4.57 Å². The Balaban J connectivity index is 1.78. The van der Waals surface area contributed by atoms with Crippen LogP contribution in [0.4, 0.5) is 0 Å². The number of nitrogens with one attached hydrogen (secondary N) is 1. The van der Waals surface area contributed by atoms with Crippen LogP contribution in [0.25, 0.3) is 0 Å². The van der Waals surface area contributed by atoms with Crippen molar-refractivity contribution in [2.24, 2.45) is 0 Å². The molecule has 0 bridgehead atoms. The Bertz CT molecular complexity index is 1100. The molecule has 3 aromatic carbocycles. The normalized spacial score (nSPS) is 12.0. The first-order chi connectivity index (χ1) is 14.3. The summed E-state index contributed by atoms with van der Waals surface area (Å²) < 4.78 is 19.6. The van der Waals surface area contributed by atoms with Crippen molar-refractivity contribution < 1.29 is 8.98 Å². The zero-order valence-corrected chi connectivity index (χ0v) is 16.6. The fourth-order valence-corrected chi connectivity index (χ4v) is 5.42. The lowest BCUT2D eigenvalue weighted by Gasteiger charge is -2.24. The number of benzene rings is 3. The SMILES string of the molecule is O=P(N[C@H](C#Cc1ccccc1)c1ccoc1)(c1ccccc1)c1ccccc1. The second-order valence-electron chi connectivity index (χ2n) is 6.53. The second-order valence-corrected chi connectivity index (χ2v) is 9.04. The molecule has 0 aliphatic rings. The molecule has 0 aliphatic carbocycles. The summed E-state index contributed by atoms with van der Waals surface area (Å²) in [5.74, 6) is 6.42. The van der Waals surface area contributed by atoms with Gasteiger partial charge >= 0.3 is 0 Å². The summed E-state index contributed by atoms with van der Waals surface area (Å²) in [6, 6.07) is 30.1. The molecule has 1 atom stereocenters. The molecule has 0 radical (unpaired) electrons. The van der Waals surface area contributed by atoms with Crippen molar-refractivity contribution in [3.05, 3.63) is 121 Å². The maximum Gasteiger partial charge on any atom is 0.205 e. The van der Waals surface area contributed by atoms with E-state index in [-0.39, 0.29) is 0 Å². The first-order valence-corrected chi connectivity index (χ1v) is 11.0. The van der Waals surface area contributed by atoms with Gasteiger partial charge in [0.1, 0.15) is 6.04 Å². The van der Waals surface area contributed by atoms with Crippen LogP contribution < -0.4 is 15.7 Å². The predicted molar refractivity (Wildman–Crippen MR) is 118 cm³/mol. The van der Waals surface area contributed by atoms with Crippen LogP contribution in [0.1, 0.15) is 17.2 Å². The van der Waals surface area contributed by atoms with Crippen LogP contribution in [0.5, 0.6) is 0 Å². The van der Waals surface area contributed by atoms with Gasteiger partial charge in [-0.25, -0.2) is 5.09 Å². The first-order valence-electron chi connectivity index (χ1n) is 9.33. The summed E-state index contributed by atoms with van der Waals surface area (Å²) >= 11 is 0. The van der Waals surface area contributed by atoms with Crippen molar-refractivity contribution in [2.45, 2.75) is 6.04 Å². The van der Waals surface area contributed by atoms with E-state index in [4.69, 9.17) is 4.42 Å². The molecular formula is C25H20NO2P. The Labute approximate surface area is 170 Å². The van der Waals surface area contributed by atoms with Gasteiger partial charge in [0.2, 0.25) is 7.29 Å². The molecule has 0 fully saturated rings. The molecule has 1 aromatic heterocycles. The summed E-state index contributed by atoms with van der Waals surface area (Å²) in [5, 5.41) is 4.83.